The summed E-state index contributed by atoms with van der Waals surface area (Å²) in [5.74, 6) is 1.05. The van der Waals surface area contributed by atoms with Crippen molar-refractivity contribution in [3.8, 4) is 0 Å². The minimum Gasteiger partial charge on any atom is -0.340 e. The zero-order valence-corrected chi connectivity index (χ0v) is 14.3. The highest BCUT2D eigenvalue weighted by atomic mass is 32.2. The second-order valence-corrected chi connectivity index (χ2v) is 6.95. The van der Waals surface area contributed by atoms with Crippen molar-refractivity contribution < 1.29 is 4.79 Å². The number of nitrogens with zero attached hydrogens (tertiary/aromatic N) is 1. The van der Waals surface area contributed by atoms with Crippen LogP contribution in [0.15, 0.2) is 54.6 Å². The monoisotopic (exact) mass is 313 g/mol. The van der Waals surface area contributed by atoms with Crippen LogP contribution in [0, 0.1) is 6.92 Å². The van der Waals surface area contributed by atoms with Crippen molar-refractivity contribution in [3.63, 3.8) is 0 Å². The van der Waals surface area contributed by atoms with Crippen LogP contribution in [0.1, 0.15) is 23.6 Å². The van der Waals surface area contributed by atoms with Crippen molar-refractivity contribution >= 4 is 17.7 Å². The van der Waals surface area contributed by atoms with Gasteiger partial charge in [0, 0.05) is 19.3 Å². The van der Waals surface area contributed by atoms with E-state index in [1.807, 2.05) is 37.1 Å². The van der Waals surface area contributed by atoms with Crippen molar-refractivity contribution in [3.05, 3.63) is 71.3 Å². The highest BCUT2D eigenvalue weighted by Gasteiger charge is 2.18. The number of hydrogen-bond donors (Lipinski definition) is 0. The first-order valence-electron chi connectivity index (χ1n) is 7.52. The number of rotatable bonds is 6. The quantitative estimate of drug-likeness (QED) is 0.793. The molecule has 0 spiro atoms. The van der Waals surface area contributed by atoms with E-state index in [2.05, 4.69) is 43.3 Å². The minimum atomic E-state index is -0.0318. The van der Waals surface area contributed by atoms with Crippen molar-refractivity contribution in [1.82, 2.24) is 4.90 Å². The van der Waals surface area contributed by atoms with E-state index in [-0.39, 0.29) is 11.2 Å². The number of thioether (sulfide) groups is 1. The molecule has 0 aromatic heterocycles. The van der Waals surface area contributed by atoms with Gasteiger partial charge in [0.2, 0.25) is 5.91 Å². The largest absolute Gasteiger partial charge is 0.340 e. The molecule has 116 valence electrons. The predicted molar refractivity (Wildman–Crippen MR) is 94.9 cm³/mol. The number of amides is 1. The highest BCUT2D eigenvalue weighted by Crippen LogP contribution is 2.19. The molecule has 1 atom stereocenters. The van der Waals surface area contributed by atoms with Crippen LogP contribution in [0.4, 0.5) is 0 Å². The smallest absolute Gasteiger partial charge is 0.235 e. The van der Waals surface area contributed by atoms with Gasteiger partial charge in [0.1, 0.15) is 0 Å². The Morgan fingerprint density at radius 3 is 2.32 bits per heavy atom. The Hall–Kier alpha value is -1.74. The SMILES string of the molecule is Cc1ccc(CN(C)C(=O)C(C)SCc2ccccc2)cc1. The van der Waals surface area contributed by atoms with Crippen LogP contribution < -0.4 is 0 Å². The van der Waals surface area contributed by atoms with E-state index in [1.54, 1.807) is 11.8 Å². The molecule has 0 aliphatic heterocycles. The molecule has 2 aromatic rings. The molecule has 2 aromatic carbocycles. The Balaban J connectivity index is 1.85. The summed E-state index contributed by atoms with van der Waals surface area (Å²) in [5.41, 5.74) is 3.67. The molecule has 0 bridgehead atoms. The Morgan fingerprint density at radius 1 is 1.05 bits per heavy atom. The second kappa shape index (κ2) is 8.04. The molecule has 1 unspecified atom stereocenters. The van der Waals surface area contributed by atoms with Crippen molar-refractivity contribution in [2.45, 2.75) is 31.4 Å². The highest BCUT2D eigenvalue weighted by molar-refractivity contribution is 7.99. The average Bonchev–Trinajstić information content (AvgIpc) is 2.55. The van der Waals surface area contributed by atoms with Crippen molar-refractivity contribution in [2.75, 3.05) is 7.05 Å². The number of carbonyl (C=O) groups excluding carboxylic acids is 1. The predicted octanol–water partition coefficient (Wildman–Crippen LogP) is 4.28. The molecule has 0 saturated heterocycles. The van der Waals surface area contributed by atoms with Gasteiger partial charge in [0.25, 0.3) is 0 Å². The maximum Gasteiger partial charge on any atom is 0.235 e. The van der Waals surface area contributed by atoms with Gasteiger partial charge in [0.05, 0.1) is 5.25 Å². The third-order valence-electron chi connectivity index (χ3n) is 3.61. The van der Waals surface area contributed by atoms with Crippen molar-refractivity contribution in [2.24, 2.45) is 0 Å². The molecule has 0 aliphatic carbocycles. The van der Waals surface area contributed by atoms with Gasteiger partial charge >= 0.3 is 0 Å². The van der Waals surface area contributed by atoms with Crippen LogP contribution >= 0.6 is 11.8 Å². The van der Waals surface area contributed by atoms with Gasteiger partial charge in [-0.25, -0.2) is 0 Å². The van der Waals surface area contributed by atoms with Crippen LogP contribution in [-0.4, -0.2) is 23.1 Å². The summed E-state index contributed by atoms with van der Waals surface area (Å²) < 4.78 is 0. The molecule has 0 radical (unpaired) electrons. The van der Waals surface area contributed by atoms with Gasteiger partial charge in [0.15, 0.2) is 0 Å². The molecular formula is C19H23NOS. The fourth-order valence-corrected chi connectivity index (χ4v) is 3.18. The van der Waals surface area contributed by atoms with E-state index in [9.17, 15) is 4.79 Å². The van der Waals surface area contributed by atoms with Crippen LogP contribution in [0.2, 0.25) is 0 Å². The Labute approximate surface area is 137 Å². The van der Waals surface area contributed by atoms with E-state index in [0.29, 0.717) is 6.54 Å². The van der Waals surface area contributed by atoms with E-state index < -0.39 is 0 Å². The fourth-order valence-electron chi connectivity index (χ4n) is 2.22. The van der Waals surface area contributed by atoms with Gasteiger partial charge < -0.3 is 4.90 Å². The lowest BCUT2D eigenvalue weighted by molar-refractivity contribution is -0.129. The van der Waals surface area contributed by atoms with Crippen molar-refractivity contribution in [1.29, 1.82) is 0 Å². The maximum atomic E-state index is 12.4. The summed E-state index contributed by atoms with van der Waals surface area (Å²) in [6, 6.07) is 18.6. The summed E-state index contributed by atoms with van der Waals surface area (Å²) in [6.45, 7) is 4.72. The fraction of sp³-hybridized carbons (Fsp3) is 0.316. The zero-order valence-electron chi connectivity index (χ0n) is 13.5. The summed E-state index contributed by atoms with van der Waals surface area (Å²) >= 11 is 1.69. The Bertz CT molecular complexity index is 595. The first-order valence-corrected chi connectivity index (χ1v) is 8.57. The number of benzene rings is 2. The van der Waals surface area contributed by atoms with Crippen LogP contribution in [0.3, 0.4) is 0 Å². The topological polar surface area (TPSA) is 20.3 Å². The lowest BCUT2D eigenvalue weighted by Crippen LogP contribution is -2.32. The van der Waals surface area contributed by atoms with Crippen LogP contribution in [-0.2, 0) is 17.1 Å². The summed E-state index contributed by atoms with van der Waals surface area (Å²) in [4.78, 5) is 14.3. The summed E-state index contributed by atoms with van der Waals surface area (Å²) in [5, 5.41) is -0.0318. The lowest BCUT2D eigenvalue weighted by atomic mass is 10.1. The molecule has 22 heavy (non-hydrogen) atoms. The molecule has 3 heteroatoms. The van der Waals surface area contributed by atoms with Gasteiger partial charge in [-0.3, -0.25) is 4.79 Å². The number of hydrogen-bond acceptors (Lipinski definition) is 2. The van der Waals surface area contributed by atoms with E-state index >= 15 is 0 Å². The molecule has 2 nitrogen and oxygen atoms in total. The Kier molecular flexibility index (Phi) is 6.08. The molecular weight excluding hydrogens is 290 g/mol. The molecule has 2 rings (SSSR count). The summed E-state index contributed by atoms with van der Waals surface area (Å²) in [6.07, 6.45) is 0. The van der Waals surface area contributed by atoms with E-state index in [4.69, 9.17) is 0 Å². The molecule has 0 aliphatic rings. The summed E-state index contributed by atoms with van der Waals surface area (Å²) in [7, 11) is 1.88. The number of aryl methyl sites for hydroxylation is 1. The van der Waals surface area contributed by atoms with Crippen LogP contribution in [0.5, 0.6) is 0 Å². The zero-order chi connectivity index (χ0) is 15.9. The van der Waals surface area contributed by atoms with E-state index in [0.717, 1.165) is 5.75 Å². The molecule has 0 heterocycles. The lowest BCUT2D eigenvalue weighted by Gasteiger charge is -2.21. The van der Waals surface area contributed by atoms with Gasteiger partial charge in [-0.05, 0) is 25.0 Å². The molecule has 0 fully saturated rings. The third kappa shape index (κ3) is 4.92. The molecule has 0 N–H and O–H groups in total. The first-order chi connectivity index (χ1) is 10.6. The van der Waals surface area contributed by atoms with Crippen LogP contribution in [0.25, 0.3) is 0 Å². The van der Waals surface area contributed by atoms with Gasteiger partial charge in [-0.15, -0.1) is 11.8 Å². The second-order valence-electron chi connectivity index (χ2n) is 5.62. The Morgan fingerprint density at radius 2 is 1.68 bits per heavy atom. The van der Waals surface area contributed by atoms with Gasteiger partial charge in [-0.2, -0.15) is 0 Å². The molecule has 1 amide bonds. The normalized spacial score (nSPS) is 12.0. The standard InChI is InChI=1S/C19H23NOS/c1-15-9-11-17(12-10-15)13-20(3)19(21)16(2)22-14-18-7-5-4-6-8-18/h4-12,16H,13-14H2,1-3H3. The van der Waals surface area contributed by atoms with Gasteiger partial charge in [-0.1, -0.05) is 60.2 Å². The first kappa shape index (κ1) is 16.6. The average molecular weight is 313 g/mol. The third-order valence-corrected chi connectivity index (χ3v) is 4.81. The number of carbonyl (C=O) groups is 1. The minimum absolute atomic E-state index is 0.0318. The maximum absolute atomic E-state index is 12.4. The molecule has 0 saturated carbocycles. The van der Waals surface area contributed by atoms with E-state index in [1.165, 1.54) is 16.7 Å².